The van der Waals surface area contributed by atoms with E-state index in [-0.39, 0.29) is 5.91 Å². The molecule has 0 bridgehead atoms. The van der Waals surface area contributed by atoms with Gasteiger partial charge in [0.1, 0.15) is 5.82 Å². The molecule has 1 saturated carbocycles. The predicted octanol–water partition coefficient (Wildman–Crippen LogP) is 4.81. The number of benzene rings is 2. The molecular formula is C23H27N3O. The molecule has 27 heavy (non-hydrogen) atoms. The zero-order valence-electron chi connectivity index (χ0n) is 16.2. The van der Waals surface area contributed by atoms with Crippen molar-refractivity contribution < 1.29 is 4.79 Å². The molecule has 4 heteroatoms. The van der Waals surface area contributed by atoms with Crippen LogP contribution in [0.4, 0.5) is 0 Å². The molecule has 1 amide bonds. The van der Waals surface area contributed by atoms with Gasteiger partial charge < -0.3 is 9.47 Å². The van der Waals surface area contributed by atoms with Crippen LogP contribution >= 0.6 is 0 Å². The molecule has 140 valence electrons. The number of amides is 1. The molecule has 0 spiro atoms. The van der Waals surface area contributed by atoms with Gasteiger partial charge in [-0.1, -0.05) is 36.8 Å². The quantitative estimate of drug-likeness (QED) is 0.606. The minimum atomic E-state index is 0.108. The van der Waals surface area contributed by atoms with Crippen molar-refractivity contribution in [3.63, 3.8) is 0 Å². The molecule has 0 N–H and O–H groups in total. The van der Waals surface area contributed by atoms with E-state index in [9.17, 15) is 4.79 Å². The monoisotopic (exact) mass is 361 g/mol. The van der Waals surface area contributed by atoms with Gasteiger partial charge in [-0.15, -0.1) is 0 Å². The zero-order valence-corrected chi connectivity index (χ0v) is 16.2. The molecule has 1 aliphatic carbocycles. The summed E-state index contributed by atoms with van der Waals surface area (Å²) in [6, 6.07) is 16.1. The molecule has 3 aromatic rings. The first kappa shape index (κ1) is 17.8. The first-order valence-corrected chi connectivity index (χ1v) is 9.95. The van der Waals surface area contributed by atoms with E-state index in [1.165, 1.54) is 18.4 Å². The minimum Gasteiger partial charge on any atom is -0.331 e. The van der Waals surface area contributed by atoms with Crippen LogP contribution in [0.15, 0.2) is 48.5 Å². The maximum Gasteiger partial charge on any atom is 0.254 e. The summed E-state index contributed by atoms with van der Waals surface area (Å²) in [5, 5.41) is 0. The fraction of sp³-hybridized carbons (Fsp3) is 0.391. The SMILES string of the molecule is CCCn1c(CN(CC2CC2)C(=O)c2ccc(C)cc2)nc2ccccc21. The van der Waals surface area contributed by atoms with Gasteiger partial charge >= 0.3 is 0 Å². The number of aryl methyl sites for hydroxylation is 2. The Hall–Kier alpha value is -2.62. The van der Waals surface area contributed by atoms with Gasteiger partial charge in [-0.25, -0.2) is 4.98 Å². The summed E-state index contributed by atoms with van der Waals surface area (Å²) in [6.07, 6.45) is 3.49. The molecule has 1 fully saturated rings. The minimum absolute atomic E-state index is 0.108. The van der Waals surface area contributed by atoms with E-state index in [0.717, 1.165) is 41.9 Å². The highest BCUT2D eigenvalue weighted by Gasteiger charge is 2.28. The number of nitrogens with zero attached hydrogens (tertiary/aromatic N) is 3. The highest BCUT2D eigenvalue weighted by molar-refractivity contribution is 5.94. The van der Waals surface area contributed by atoms with E-state index in [1.807, 2.05) is 42.2 Å². The lowest BCUT2D eigenvalue weighted by atomic mass is 10.1. The number of hydrogen-bond acceptors (Lipinski definition) is 2. The van der Waals surface area contributed by atoms with E-state index in [4.69, 9.17) is 4.98 Å². The number of hydrogen-bond donors (Lipinski definition) is 0. The van der Waals surface area contributed by atoms with Crippen molar-refractivity contribution in [1.82, 2.24) is 14.5 Å². The van der Waals surface area contributed by atoms with Crippen LogP contribution in [0.25, 0.3) is 11.0 Å². The zero-order chi connectivity index (χ0) is 18.8. The number of imidazole rings is 1. The van der Waals surface area contributed by atoms with Crippen molar-refractivity contribution in [3.05, 3.63) is 65.5 Å². The van der Waals surface area contributed by atoms with Gasteiger partial charge in [0.15, 0.2) is 0 Å². The summed E-state index contributed by atoms with van der Waals surface area (Å²) in [7, 11) is 0. The average molecular weight is 361 g/mol. The van der Waals surface area contributed by atoms with Crippen LogP contribution in [0.2, 0.25) is 0 Å². The van der Waals surface area contributed by atoms with Gasteiger partial charge in [0.2, 0.25) is 0 Å². The Kier molecular flexibility index (Phi) is 4.97. The molecule has 0 saturated heterocycles. The van der Waals surface area contributed by atoms with Crippen molar-refractivity contribution in [3.8, 4) is 0 Å². The van der Waals surface area contributed by atoms with Gasteiger partial charge in [-0.05, 0) is 56.4 Å². The van der Waals surface area contributed by atoms with Crippen molar-refractivity contribution in [2.45, 2.75) is 46.2 Å². The van der Waals surface area contributed by atoms with E-state index < -0.39 is 0 Å². The third-order valence-corrected chi connectivity index (χ3v) is 5.27. The first-order valence-electron chi connectivity index (χ1n) is 9.95. The Morgan fingerprint density at radius 3 is 2.59 bits per heavy atom. The van der Waals surface area contributed by atoms with E-state index >= 15 is 0 Å². The largest absolute Gasteiger partial charge is 0.331 e. The van der Waals surface area contributed by atoms with Crippen LogP contribution < -0.4 is 0 Å². The predicted molar refractivity (Wildman–Crippen MR) is 109 cm³/mol. The van der Waals surface area contributed by atoms with E-state index in [2.05, 4.69) is 29.7 Å². The summed E-state index contributed by atoms with van der Waals surface area (Å²) >= 11 is 0. The highest BCUT2D eigenvalue weighted by Crippen LogP contribution is 2.31. The number of carbonyl (C=O) groups excluding carboxylic acids is 1. The second-order valence-corrected chi connectivity index (χ2v) is 7.66. The molecule has 0 unspecified atom stereocenters. The van der Waals surface area contributed by atoms with Crippen molar-refractivity contribution in [2.75, 3.05) is 6.54 Å². The second kappa shape index (κ2) is 7.55. The molecule has 1 heterocycles. The van der Waals surface area contributed by atoms with Gasteiger partial charge in [0, 0.05) is 18.7 Å². The molecule has 0 radical (unpaired) electrons. The maximum atomic E-state index is 13.2. The third-order valence-electron chi connectivity index (χ3n) is 5.27. The van der Waals surface area contributed by atoms with Crippen molar-refractivity contribution in [2.24, 2.45) is 5.92 Å². The van der Waals surface area contributed by atoms with Gasteiger partial charge in [-0.2, -0.15) is 0 Å². The third kappa shape index (κ3) is 3.90. The second-order valence-electron chi connectivity index (χ2n) is 7.66. The Labute approximate surface area is 160 Å². The van der Waals surface area contributed by atoms with Gasteiger partial charge in [0.05, 0.1) is 17.6 Å². The normalized spacial score (nSPS) is 13.9. The average Bonchev–Trinajstić information content (AvgIpc) is 3.43. The van der Waals surface area contributed by atoms with E-state index in [0.29, 0.717) is 12.5 Å². The summed E-state index contributed by atoms with van der Waals surface area (Å²) in [4.78, 5) is 20.1. The standard InChI is InChI=1S/C23H27N3O/c1-3-14-26-21-7-5-4-6-20(21)24-22(26)16-25(15-18-10-11-18)23(27)19-12-8-17(2)9-13-19/h4-9,12-13,18H,3,10-11,14-16H2,1-2H3. The smallest absolute Gasteiger partial charge is 0.254 e. The molecule has 0 aliphatic heterocycles. The lowest BCUT2D eigenvalue weighted by molar-refractivity contribution is 0.0728. The van der Waals surface area contributed by atoms with Crippen LogP contribution in [0.3, 0.4) is 0 Å². The van der Waals surface area contributed by atoms with Gasteiger partial charge in [0.25, 0.3) is 5.91 Å². The van der Waals surface area contributed by atoms with Crippen LogP contribution in [0.5, 0.6) is 0 Å². The summed E-state index contributed by atoms with van der Waals surface area (Å²) < 4.78 is 2.28. The molecule has 4 rings (SSSR count). The Morgan fingerprint density at radius 1 is 1.15 bits per heavy atom. The molecule has 0 atom stereocenters. The fourth-order valence-corrected chi connectivity index (χ4v) is 3.60. The van der Waals surface area contributed by atoms with Crippen LogP contribution in [0.1, 0.15) is 47.9 Å². The topological polar surface area (TPSA) is 38.1 Å². The van der Waals surface area contributed by atoms with Crippen LogP contribution in [-0.4, -0.2) is 26.9 Å². The molecule has 1 aromatic heterocycles. The summed E-state index contributed by atoms with van der Waals surface area (Å²) in [6.45, 7) is 6.53. The Morgan fingerprint density at radius 2 is 1.89 bits per heavy atom. The molecule has 4 nitrogen and oxygen atoms in total. The van der Waals surface area contributed by atoms with Crippen molar-refractivity contribution >= 4 is 16.9 Å². The number of aromatic nitrogens is 2. The Balaban J connectivity index is 1.65. The number of fused-ring (bicyclic) bond motifs is 1. The number of para-hydroxylation sites is 2. The summed E-state index contributed by atoms with van der Waals surface area (Å²) in [5.74, 6) is 1.74. The van der Waals surface area contributed by atoms with E-state index in [1.54, 1.807) is 0 Å². The van der Waals surface area contributed by atoms with Crippen LogP contribution in [0, 0.1) is 12.8 Å². The Bertz CT molecular complexity index is 938. The molecule has 2 aromatic carbocycles. The molecule has 1 aliphatic rings. The lowest BCUT2D eigenvalue weighted by Crippen LogP contribution is -2.33. The van der Waals surface area contributed by atoms with Crippen molar-refractivity contribution in [1.29, 1.82) is 0 Å². The summed E-state index contributed by atoms with van der Waals surface area (Å²) in [5.41, 5.74) is 4.10. The highest BCUT2D eigenvalue weighted by atomic mass is 16.2. The first-order chi connectivity index (χ1) is 13.2. The molecular weight excluding hydrogens is 334 g/mol. The fourth-order valence-electron chi connectivity index (χ4n) is 3.60. The maximum absolute atomic E-state index is 13.2. The van der Waals surface area contributed by atoms with Gasteiger partial charge in [-0.3, -0.25) is 4.79 Å². The number of rotatable bonds is 7. The van der Waals surface area contributed by atoms with Crippen LogP contribution in [-0.2, 0) is 13.1 Å². The lowest BCUT2D eigenvalue weighted by Gasteiger charge is -2.23. The number of carbonyl (C=O) groups is 1.